The SMILES string of the molecule is CCN1CCCC1CNC(=O)c1cccc(C2Nc3ccc(C(=O)O)cc3CC2(C)C)c1. The summed E-state index contributed by atoms with van der Waals surface area (Å²) >= 11 is 0. The minimum atomic E-state index is -0.911. The van der Waals surface area contributed by atoms with Gasteiger partial charge in [0.1, 0.15) is 0 Å². The Kier molecular flexibility index (Phi) is 6.24. The molecule has 2 atom stereocenters. The van der Waals surface area contributed by atoms with Gasteiger partial charge >= 0.3 is 5.97 Å². The molecule has 0 radical (unpaired) electrons. The Bertz CT molecular complexity index is 1020. The summed E-state index contributed by atoms with van der Waals surface area (Å²) in [7, 11) is 0. The van der Waals surface area contributed by atoms with Gasteiger partial charge < -0.3 is 15.7 Å². The van der Waals surface area contributed by atoms with Crippen LogP contribution in [0, 0.1) is 5.41 Å². The van der Waals surface area contributed by atoms with E-state index in [-0.39, 0.29) is 17.4 Å². The van der Waals surface area contributed by atoms with E-state index in [0.717, 1.165) is 42.7 Å². The van der Waals surface area contributed by atoms with Crippen molar-refractivity contribution in [1.82, 2.24) is 10.2 Å². The van der Waals surface area contributed by atoms with Crippen molar-refractivity contribution < 1.29 is 14.7 Å². The first-order chi connectivity index (χ1) is 15.3. The number of nitrogens with zero attached hydrogens (tertiary/aromatic N) is 1. The summed E-state index contributed by atoms with van der Waals surface area (Å²) in [5.74, 6) is -0.943. The number of rotatable bonds is 6. The third kappa shape index (κ3) is 4.51. The number of anilines is 1. The van der Waals surface area contributed by atoms with Crippen molar-refractivity contribution in [3.8, 4) is 0 Å². The molecule has 2 aliphatic heterocycles. The van der Waals surface area contributed by atoms with Crippen molar-refractivity contribution in [1.29, 1.82) is 0 Å². The molecule has 0 aliphatic carbocycles. The number of benzene rings is 2. The smallest absolute Gasteiger partial charge is 0.335 e. The lowest BCUT2D eigenvalue weighted by molar-refractivity contribution is 0.0696. The van der Waals surface area contributed by atoms with Crippen LogP contribution in [-0.4, -0.2) is 47.6 Å². The van der Waals surface area contributed by atoms with Gasteiger partial charge in [0.05, 0.1) is 11.6 Å². The Morgan fingerprint density at radius 1 is 1.19 bits per heavy atom. The molecule has 170 valence electrons. The molecule has 6 heteroatoms. The highest BCUT2D eigenvalue weighted by Gasteiger charge is 2.36. The molecule has 2 aliphatic rings. The summed E-state index contributed by atoms with van der Waals surface area (Å²) in [4.78, 5) is 26.7. The van der Waals surface area contributed by atoms with E-state index < -0.39 is 5.97 Å². The number of hydrogen-bond donors (Lipinski definition) is 3. The quantitative estimate of drug-likeness (QED) is 0.629. The van der Waals surface area contributed by atoms with Crippen LogP contribution < -0.4 is 10.6 Å². The minimum Gasteiger partial charge on any atom is -0.478 e. The zero-order valence-corrected chi connectivity index (χ0v) is 19.1. The maximum Gasteiger partial charge on any atom is 0.335 e. The summed E-state index contributed by atoms with van der Waals surface area (Å²) in [6, 6.07) is 13.5. The van der Waals surface area contributed by atoms with E-state index in [1.807, 2.05) is 24.3 Å². The molecule has 4 rings (SSSR count). The number of aromatic carboxylic acids is 1. The molecule has 2 aromatic carbocycles. The number of hydrogen-bond acceptors (Lipinski definition) is 4. The van der Waals surface area contributed by atoms with Gasteiger partial charge in [0.15, 0.2) is 0 Å². The number of carboxylic acids is 1. The topological polar surface area (TPSA) is 81.7 Å². The van der Waals surface area contributed by atoms with Crippen molar-refractivity contribution >= 4 is 17.6 Å². The number of fused-ring (bicyclic) bond motifs is 1. The standard InChI is InChI=1S/C26H33N3O3/c1-4-29-12-6-9-21(29)16-27-24(30)18-8-5-7-17(13-18)23-26(2,3)15-20-14-19(25(31)32)10-11-22(20)28-23/h5,7-8,10-11,13-14,21,23,28H,4,6,9,12,15-16H2,1-3H3,(H,27,30)(H,31,32). The van der Waals surface area contributed by atoms with Gasteiger partial charge in [-0.1, -0.05) is 32.9 Å². The van der Waals surface area contributed by atoms with Crippen molar-refractivity contribution in [3.05, 3.63) is 64.7 Å². The molecule has 0 saturated carbocycles. The summed E-state index contributed by atoms with van der Waals surface area (Å²) in [5.41, 5.74) is 3.86. The van der Waals surface area contributed by atoms with Crippen LogP contribution in [0.4, 0.5) is 5.69 Å². The van der Waals surface area contributed by atoms with Gasteiger partial charge in [-0.15, -0.1) is 0 Å². The average Bonchev–Trinajstić information content (AvgIpc) is 3.23. The van der Waals surface area contributed by atoms with E-state index in [0.29, 0.717) is 23.7 Å². The Morgan fingerprint density at radius 3 is 2.75 bits per heavy atom. The maximum atomic E-state index is 12.9. The fourth-order valence-corrected chi connectivity index (χ4v) is 5.21. The molecule has 2 aromatic rings. The number of carbonyl (C=O) groups is 2. The lowest BCUT2D eigenvalue weighted by Crippen LogP contribution is -2.40. The third-order valence-corrected chi connectivity index (χ3v) is 6.97. The van der Waals surface area contributed by atoms with Crippen LogP contribution in [0.3, 0.4) is 0 Å². The molecular formula is C26H33N3O3. The normalized spacial score (nSPS) is 22.1. The van der Waals surface area contributed by atoms with Gasteiger partial charge in [-0.2, -0.15) is 0 Å². The summed E-state index contributed by atoms with van der Waals surface area (Å²) in [6.45, 7) is 9.34. The van der Waals surface area contributed by atoms with Crippen molar-refractivity contribution in [2.75, 3.05) is 25.0 Å². The van der Waals surface area contributed by atoms with E-state index in [2.05, 4.69) is 42.4 Å². The molecule has 6 nitrogen and oxygen atoms in total. The minimum absolute atomic E-state index is 0.0174. The first kappa shape index (κ1) is 22.3. The van der Waals surface area contributed by atoms with Crippen LogP contribution >= 0.6 is 0 Å². The van der Waals surface area contributed by atoms with E-state index in [4.69, 9.17) is 0 Å². The molecule has 0 aromatic heterocycles. The van der Waals surface area contributed by atoms with Crippen LogP contribution in [0.15, 0.2) is 42.5 Å². The second-order valence-corrected chi connectivity index (χ2v) is 9.68. The highest BCUT2D eigenvalue weighted by atomic mass is 16.4. The number of amides is 1. The van der Waals surface area contributed by atoms with Crippen molar-refractivity contribution in [3.63, 3.8) is 0 Å². The number of carbonyl (C=O) groups excluding carboxylic acids is 1. The summed E-state index contributed by atoms with van der Waals surface area (Å²) < 4.78 is 0. The zero-order valence-electron chi connectivity index (χ0n) is 19.1. The molecule has 1 amide bonds. The summed E-state index contributed by atoms with van der Waals surface area (Å²) in [6.07, 6.45) is 3.09. The molecule has 1 fully saturated rings. The Hall–Kier alpha value is -2.86. The number of likely N-dealkylation sites (tertiary alicyclic amines) is 1. The van der Waals surface area contributed by atoms with E-state index >= 15 is 0 Å². The predicted octanol–water partition coefficient (Wildman–Crippen LogP) is 4.33. The number of nitrogens with one attached hydrogen (secondary N) is 2. The highest BCUT2D eigenvalue weighted by molar-refractivity contribution is 5.94. The molecule has 3 N–H and O–H groups in total. The van der Waals surface area contributed by atoms with Crippen LogP contribution in [0.2, 0.25) is 0 Å². The maximum absolute atomic E-state index is 12.9. The fourth-order valence-electron chi connectivity index (χ4n) is 5.21. The number of carboxylic acid groups (broad SMARTS) is 1. The van der Waals surface area contributed by atoms with E-state index in [9.17, 15) is 14.7 Å². The largest absolute Gasteiger partial charge is 0.478 e. The summed E-state index contributed by atoms with van der Waals surface area (Å²) in [5, 5.41) is 16.0. The van der Waals surface area contributed by atoms with Gasteiger partial charge in [-0.3, -0.25) is 9.69 Å². The van der Waals surface area contributed by atoms with Crippen LogP contribution in [0.25, 0.3) is 0 Å². The molecular weight excluding hydrogens is 402 g/mol. The third-order valence-electron chi connectivity index (χ3n) is 6.97. The van der Waals surface area contributed by atoms with Crippen LogP contribution in [0.5, 0.6) is 0 Å². The Morgan fingerprint density at radius 2 is 2.00 bits per heavy atom. The Labute approximate surface area is 190 Å². The number of likely N-dealkylation sites (N-methyl/N-ethyl adjacent to an activating group) is 1. The van der Waals surface area contributed by atoms with E-state index in [1.165, 1.54) is 6.42 Å². The molecule has 2 unspecified atom stereocenters. The lowest BCUT2D eigenvalue weighted by atomic mass is 9.72. The molecule has 0 spiro atoms. The molecule has 32 heavy (non-hydrogen) atoms. The van der Waals surface area contributed by atoms with Gasteiger partial charge in [-0.25, -0.2) is 4.79 Å². The van der Waals surface area contributed by atoms with E-state index in [1.54, 1.807) is 12.1 Å². The van der Waals surface area contributed by atoms with Gasteiger partial charge in [0, 0.05) is 23.8 Å². The molecule has 0 bridgehead atoms. The first-order valence-electron chi connectivity index (χ1n) is 11.5. The fraction of sp³-hybridized carbons (Fsp3) is 0.462. The van der Waals surface area contributed by atoms with Gasteiger partial charge in [-0.05, 0) is 79.2 Å². The predicted molar refractivity (Wildman–Crippen MR) is 126 cm³/mol. The first-order valence-corrected chi connectivity index (χ1v) is 11.5. The second kappa shape index (κ2) is 8.94. The van der Waals surface area contributed by atoms with Crippen LogP contribution in [-0.2, 0) is 6.42 Å². The van der Waals surface area contributed by atoms with Crippen molar-refractivity contribution in [2.24, 2.45) is 5.41 Å². The monoisotopic (exact) mass is 435 g/mol. The zero-order chi connectivity index (χ0) is 22.9. The second-order valence-electron chi connectivity index (χ2n) is 9.68. The van der Waals surface area contributed by atoms with Crippen LogP contribution in [0.1, 0.15) is 71.5 Å². The Balaban J connectivity index is 1.51. The lowest BCUT2D eigenvalue weighted by Gasteiger charge is -2.41. The molecule has 1 saturated heterocycles. The van der Waals surface area contributed by atoms with Gasteiger partial charge in [0.25, 0.3) is 5.91 Å². The molecule has 2 heterocycles. The van der Waals surface area contributed by atoms with Crippen molar-refractivity contribution in [2.45, 2.75) is 52.1 Å². The average molecular weight is 436 g/mol. The highest BCUT2D eigenvalue weighted by Crippen LogP contribution is 2.45. The van der Waals surface area contributed by atoms with Gasteiger partial charge in [0.2, 0.25) is 0 Å².